The third kappa shape index (κ3) is 2.46. The van der Waals surface area contributed by atoms with Crippen molar-refractivity contribution < 1.29 is 9.53 Å². The number of hydrogen-bond donors (Lipinski definition) is 1. The molecule has 1 saturated carbocycles. The van der Waals surface area contributed by atoms with Crippen molar-refractivity contribution in [3.05, 3.63) is 23.8 Å². The molecule has 1 fully saturated rings. The zero-order valence-corrected chi connectivity index (χ0v) is 10.7. The molecule has 0 atom stereocenters. The van der Waals surface area contributed by atoms with E-state index in [1.807, 2.05) is 0 Å². The third-order valence-electron chi connectivity index (χ3n) is 3.10. The van der Waals surface area contributed by atoms with Gasteiger partial charge >= 0.3 is 5.97 Å². The number of nitrogen functional groups attached to an aromatic ring is 1. The number of carbonyl (C=O) groups is 1. The molecular formula is C13H14N2O2S. The van der Waals surface area contributed by atoms with Crippen molar-refractivity contribution in [2.45, 2.75) is 19.3 Å². The number of carbonyl (C=O) groups excluding carboxylic acids is 1. The SMILES string of the molecule is Nc1nc2ccc(C(=O)OCCC3CC3)cc2s1. The fourth-order valence-electron chi connectivity index (χ4n) is 1.88. The van der Waals surface area contributed by atoms with Crippen molar-refractivity contribution in [3.63, 3.8) is 0 Å². The van der Waals surface area contributed by atoms with Crippen molar-refractivity contribution in [1.82, 2.24) is 4.98 Å². The van der Waals surface area contributed by atoms with Gasteiger partial charge in [-0.15, -0.1) is 0 Å². The number of benzene rings is 1. The molecule has 4 nitrogen and oxygen atoms in total. The quantitative estimate of drug-likeness (QED) is 0.860. The molecule has 2 N–H and O–H groups in total. The van der Waals surface area contributed by atoms with E-state index in [4.69, 9.17) is 10.5 Å². The van der Waals surface area contributed by atoms with Crippen LogP contribution in [0.15, 0.2) is 18.2 Å². The van der Waals surface area contributed by atoms with Gasteiger partial charge in [0.15, 0.2) is 5.13 Å². The molecule has 1 aromatic carbocycles. The fourth-order valence-corrected chi connectivity index (χ4v) is 2.65. The van der Waals surface area contributed by atoms with Gasteiger partial charge in [-0.3, -0.25) is 0 Å². The van der Waals surface area contributed by atoms with Crippen LogP contribution in [0.4, 0.5) is 5.13 Å². The number of nitrogens with zero attached hydrogens (tertiary/aromatic N) is 1. The van der Waals surface area contributed by atoms with E-state index in [2.05, 4.69) is 4.98 Å². The topological polar surface area (TPSA) is 65.2 Å². The lowest BCUT2D eigenvalue weighted by atomic mass is 10.2. The summed E-state index contributed by atoms with van der Waals surface area (Å²) in [5.74, 6) is 0.520. The van der Waals surface area contributed by atoms with Crippen molar-refractivity contribution in [1.29, 1.82) is 0 Å². The number of anilines is 1. The summed E-state index contributed by atoms with van der Waals surface area (Å²) in [5.41, 5.74) is 7.03. The van der Waals surface area contributed by atoms with Crippen LogP contribution >= 0.6 is 11.3 Å². The molecule has 18 heavy (non-hydrogen) atoms. The van der Waals surface area contributed by atoms with Gasteiger partial charge in [0.1, 0.15) is 0 Å². The van der Waals surface area contributed by atoms with E-state index in [0.29, 0.717) is 17.3 Å². The Hall–Kier alpha value is -1.62. The second-order valence-electron chi connectivity index (χ2n) is 4.60. The molecule has 0 amide bonds. The highest BCUT2D eigenvalue weighted by Gasteiger charge is 2.21. The van der Waals surface area contributed by atoms with Gasteiger partial charge in [0.25, 0.3) is 0 Å². The molecule has 0 bridgehead atoms. The first-order valence-electron chi connectivity index (χ1n) is 6.05. The summed E-state index contributed by atoms with van der Waals surface area (Å²) in [7, 11) is 0. The molecule has 5 heteroatoms. The van der Waals surface area contributed by atoms with Crippen LogP contribution in [0, 0.1) is 5.92 Å². The van der Waals surface area contributed by atoms with E-state index in [-0.39, 0.29) is 5.97 Å². The first-order valence-corrected chi connectivity index (χ1v) is 6.87. The number of hydrogen-bond acceptors (Lipinski definition) is 5. The van der Waals surface area contributed by atoms with E-state index in [9.17, 15) is 4.79 Å². The van der Waals surface area contributed by atoms with Gasteiger partial charge in [-0.1, -0.05) is 24.2 Å². The van der Waals surface area contributed by atoms with E-state index >= 15 is 0 Å². The Balaban J connectivity index is 1.69. The Labute approximate surface area is 109 Å². The lowest BCUT2D eigenvalue weighted by Gasteiger charge is -2.03. The van der Waals surface area contributed by atoms with Crippen molar-refractivity contribution in [2.75, 3.05) is 12.3 Å². The molecule has 2 aromatic rings. The molecule has 0 unspecified atom stereocenters. The molecular weight excluding hydrogens is 248 g/mol. The number of ether oxygens (including phenoxy) is 1. The predicted molar refractivity (Wildman–Crippen MR) is 71.7 cm³/mol. The molecule has 0 saturated heterocycles. The molecule has 1 aromatic heterocycles. The summed E-state index contributed by atoms with van der Waals surface area (Å²) in [6.07, 6.45) is 3.55. The van der Waals surface area contributed by atoms with Gasteiger partial charge in [-0.05, 0) is 30.5 Å². The minimum atomic E-state index is -0.260. The van der Waals surface area contributed by atoms with Gasteiger partial charge in [0.05, 0.1) is 22.4 Å². The van der Waals surface area contributed by atoms with Crippen molar-refractivity contribution in [3.8, 4) is 0 Å². The Morgan fingerprint density at radius 2 is 2.33 bits per heavy atom. The molecule has 94 valence electrons. The van der Waals surface area contributed by atoms with Gasteiger partial charge in [0.2, 0.25) is 0 Å². The molecule has 0 spiro atoms. The molecule has 1 aliphatic carbocycles. The van der Waals surface area contributed by atoms with Gasteiger partial charge in [-0.2, -0.15) is 0 Å². The molecule has 0 aliphatic heterocycles. The van der Waals surface area contributed by atoms with Crippen LogP contribution in [0.25, 0.3) is 10.2 Å². The number of fused-ring (bicyclic) bond motifs is 1. The Morgan fingerprint density at radius 1 is 1.50 bits per heavy atom. The summed E-state index contributed by atoms with van der Waals surface area (Å²) in [6, 6.07) is 5.34. The van der Waals surface area contributed by atoms with Crippen LogP contribution in [0.3, 0.4) is 0 Å². The predicted octanol–water partition coefficient (Wildman–Crippen LogP) is 2.84. The maximum atomic E-state index is 11.8. The van der Waals surface area contributed by atoms with Gasteiger partial charge < -0.3 is 10.5 Å². The van der Waals surface area contributed by atoms with Crippen LogP contribution in [-0.4, -0.2) is 17.6 Å². The minimum Gasteiger partial charge on any atom is -0.462 e. The maximum Gasteiger partial charge on any atom is 0.338 e. The molecule has 0 radical (unpaired) electrons. The van der Waals surface area contributed by atoms with Crippen molar-refractivity contribution in [2.24, 2.45) is 5.92 Å². The maximum absolute atomic E-state index is 11.8. The van der Waals surface area contributed by atoms with Crippen LogP contribution in [0.2, 0.25) is 0 Å². The first-order chi connectivity index (χ1) is 8.72. The Kier molecular flexibility index (Phi) is 2.91. The average Bonchev–Trinajstić information content (AvgIpc) is 3.08. The smallest absolute Gasteiger partial charge is 0.338 e. The van der Waals surface area contributed by atoms with E-state index < -0.39 is 0 Å². The standard InChI is InChI=1S/C13H14N2O2S/c14-13-15-10-4-3-9(7-11(10)18-13)12(16)17-6-5-8-1-2-8/h3-4,7-8H,1-2,5-6H2,(H2,14,15). The summed E-state index contributed by atoms with van der Waals surface area (Å²) in [6.45, 7) is 0.520. The second-order valence-corrected chi connectivity index (χ2v) is 5.66. The lowest BCUT2D eigenvalue weighted by molar-refractivity contribution is 0.0495. The van der Waals surface area contributed by atoms with Gasteiger partial charge in [-0.25, -0.2) is 9.78 Å². The van der Waals surface area contributed by atoms with E-state index in [0.717, 1.165) is 22.6 Å². The monoisotopic (exact) mass is 262 g/mol. The number of rotatable bonds is 4. The van der Waals surface area contributed by atoms with E-state index in [1.165, 1.54) is 24.2 Å². The van der Waals surface area contributed by atoms with Crippen LogP contribution < -0.4 is 5.73 Å². The summed E-state index contributed by atoms with van der Waals surface area (Å²) in [4.78, 5) is 16.0. The van der Waals surface area contributed by atoms with Crippen molar-refractivity contribution >= 4 is 32.7 Å². The van der Waals surface area contributed by atoms with Crippen LogP contribution in [0.1, 0.15) is 29.6 Å². The number of thiazole rings is 1. The first kappa shape index (κ1) is 11.5. The van der Waals surface area contributed by atoms with Gasteiger partial charge in [0, 0.05) is 0 Å². The highest BCUT2D eigenvalue weighted by atomic mass is 32.1. The highest BCUT2D eigenvalue weighted by molar-refractivity contribution is 7.22. The minimum absolute atomic E-state index is 0.260. The third-order valence-corrected chi connectivity index (χ3v) is 3.94. The summed E-state index contributed by atoms with van der Waals surface area (Å²) < 4.78 is 6.17. The zero-order valence-electron chi connectivity index (χ0n) is 9.89. The fraction of sp³-hybridized carbons (Fsp3) is 0.385. The molecule has 3 rings (SSSR count). The lowest BCUT2D eigenvalue weighted by Crippen LogP contribution is -2.06. The number of nitrogens with two attached hydrogens (primary N) is 1. The van der Waals surface area contributed by atoms with E-state index in [1.54, 1.807) is 18.2 Å². The average molecular weight is 262 g/mol. The van der Waals surface area contributed by atoms with Crippen LogP contribution in [0.5, 0.6) is 0 Å². The van der Waals surface area contributed by atoms with Crippen LogP contribution in [-0.2, 0) is 4.74 Å². The molecule has 1 heterocycles. The number of esters is 1. The summed E-state index contributed by atoms with van der Waals surface area (Å²) in [5, 5.41) is 0.518. The Morgan fingerprint density at radius 3 is 3.11 bits per heavy atom. The summed E-state index contributed by atoms with van der Waals surface area (Å²) >= 11 is 1.38. The second kappa shape index (κ2) is 4.57. The Bertz CT molecular complexity index is 590. The normalized spacial score (nSPS) is 14.9. The largest absolute Gasteiger partial charge is 0.462 e. The molecule has 1 aliphatic rings. The number of aromatic nitrogens is 1. The zero-order chi connectivity index (χ0) is 12.5. The highest BCUT2D eigenvalue weighted by Crippen LogP contribution is 2.32.